The molecular weight excluding hydrogens is 277 g/mol. The van der Waals surface area contributed by atoms with E-state index in [1.165, 1.54) is 23.9 Å². The minimum Gasteiger partial charge on any atom is -0.383 e. The summed E-state index contributed by atoms with van der Waals surface area (Å²) in [6, 6.07) is 1.44. The molecule has 0 aliphatic rings. The molecule has 19 heavy (non-hydrogen) atoms. The second kappa shape index (κ2) is 6.78. The van der Waals surface area contributed by atoms with Crippen LogP contribution in [0.15, 0.2) is 17.1 Å². The van der Waals surface area contributed by atoms with Gasteiger partial charge >= 0.3 is 13.3 Å². The number of aromatic nitrogens is 2. The zero-order chi connectivity index (χ0) is 14.5. The molecule has 0 unspecified atom stereocenters. The predicted octanol–water partition coefficient (Wildman–Crippen LogP) is -1.01. The van der Waals surface area contributed by atoms with Crippen molar-refractivity contribution in [3.05, 3.63) is 22.7 Å². The number of hydrogen-bond acceptors (Lipinski definition) is 6. The lowest BCUT2D eigenvalue weighted by Crippen LogP contribution is -2.32. The lowest BCUT2D eigenvalue weighted by molar-refractivity contribution is 0.00295. The minimum atomic E-state index is -4.27. The van der Waals surface area contributed by atoms with E-state index >= 15 is 0 Å². The van der Waals surface area contributed by atoms with Gasteiger partial charge in [0, 0.05) is 13.3 Å². The number of ether oxygens (including phenoxy) is 2. The third-order valence-corrected chi connectivity index (χ3v) is 2.61. The van der Waals surface area contributed by atoms with Crippen LogP contribution in [-0.4, -0.2) is 45.5 Å². The van der Waals surface area contributed by atoms with E-state index in [1.54, 1.807) is 0 Å². The van der Waals surface area contributed by atoms with Crippen LogP contribution in [0.4, 0.5) is 5.82 Å². The van der Waals surface area contributed by atoms with Crippen LogP contribution in [0.2, 0.25) is 0 Å². The van der Waals surface area contributed by atoms with Crippen LogP contribution in [0, 0.1) is 0 Å². The van der Waals surface area contributed by atoms with Gasteiger partial charge in [0.15, 0.2) is 0 Å². The Bertz CT molecular complexity index is 513. The Kier molecular flexibility index (Phi) is 5.64. The van der Waals surface area contributed by atoms with Gasteiger partial charge in [0.05, 0.1) is 19.3 Å². The first-order valence-electron chi connectivity index (χ1n) is 5.30. The molecule has 1 aromatic rings. The van der Waals surface area contributed by atoms with Crippen LogP contribution >= 0.6 is 7.60 Å². The molecular formula is C9H16N3O6P. The number of nitrogens with zero attached hydrogens (tertiary/aromatic N) is 2. The fourth-order valence-corrected chi connectivity index (χ4v) is 1.75. The second-order valence-corrected chi connectivity index (χ2v) is 5.41. The van der Waals surface area contributed by atoms with E-state index in [0.29, 0.717) is 0 Å². The van der Waals surface area contributed by atoms with Crippen LogP contribution in [-0.2, 0) is 20.6 Å². The van der Waals surface area contributed by atoms with Crippen molar-refractivity contribution in [3.63, 3.8) is 0 Å². The molecule has 0 aromatic carbocycles. The van der Waals surface area contributed by atoms with Crippen molar-refractivity contribution in [1.82, 2.24) is 9.55 Å². The van der Waals surface area contributed by atoms with Crippen molar-refractivity contribution in [3.8, 4) is 0 Å². The number of nitrogens with two attached hydrogens (primary N) is 1. The van der Waals surface area contributed by atoms with Crippen LogP contribution in [0.1, 0.15) is 0 Å². The average molecular weight is 293 g/mol. The molecule has 9 nitrogen and oxygen atoms in total. The van der Waals surface area contributed by atoms with Crippen LogP contribution < -0.4 is 11.4 Å². The summed E-state index contributed by atoms with van der Waals surface area (Å²) in [5, 5.41) is 0. The van der Waals surface area contributed by atoms with E-state index in [9.17, 15) is 9.36 Å². The van der Waals surface area contributed by atoms with Gasteiger partial charge in [-0.25, -0.2) is 4.79 Å². The van der Waals surface area contributed by atoms with Crippen molar-refractivity contribution >= 4 is 13.4 Å². The summed E-state index contributed by atoms with van der Waals surface area (Å²) in [4.78, 5) is 32.5. The fraction of sp³-hybridized carbons (Fsp3) is 0.556. The Morgan fingerprint density at radius 2 is 2.26 bits per heavy atom. The molecule has 10 heteroatoms. The topological polar surface area (TPSA) is 137 Å². The molecule has 0 saturated heterocycles. The first-order chi connectivity index (χ1) is 8.81. The molecule has 0 aliphatic heterocycles. The predicted molar refractivity (Wildman–Crippen MR) is 66.6 cm³/mol. The summed E-state index contributed by atoms with van der Waals surface area (Å²) in [7, 11) is -2.85. The third-order valence-electron chi connectivity index (χ3n) is 2.13. The zero-order valence-corrected chi connectivity index (χ0v) is 11.2. The van der Waals surface area contributed by atoms with Crippen molar-refractivity contribution < 1.29 is 23.8 Å². The quantitative estimate of drug-likeness (QED) is 0.544. The van der Waals surface area contributed by atoms with Crippen LogP contribution in [0.3, 0.4) is 0 Å². The summed E-state index contributed by atoms with van der Waals surface area (Å²) in [6.45, 7) is 0.136. The maximum atomic E-state index is 11.5. The highest BCUT2D eigenvalue weighted by Gasteiger charge is 2.18. The van der Waals surface area contributed by atoms with E-state index in [2.05, 4.69) is 4.98 Å². The molecule has 4 N–H and O–H groups in total. The lowest BCUT2D eigenvalue weighted by Gasteiger charge is -2.18. The highest BCUT2D eigenvalue weighted by molar-refractivity contribution is 7.51. The zero-order valence-electron chi connectivity index (χ0n) is 10.3. The van der Waals surface area contributed by atoms with Crippen molar-refractivity contribution in [1.29, 1.82) is 0 Å². The van der Waals surface area contributed by atoms with E-state index < -0.39 is 25.7 Å². The maximum Gasteiger partial charge on any atom is 0.350 e. The highest BCUT2D eigenvalue weighted by Crippen LogP contribution is 2.34. The third kappa shape index (κ3) is 5.95. The first-order valence-corrected chi connectivity index (χ1v) is 7.09. The molecule has 0 spiro atoms. The average Bonchev–Trinajstić information content (AvgIpc) is 2.28. The molecule has 0 aliphatic carbocycles. The molecule has 0 bridgehead atoms. The van der Waals surface area contributed by atoms with Gasteiger partial charge in [0.1, 0.15) is 12.2 Å². The van der Waals surface area contributed by atoms with E-state index in [4.69, 9.17) is 25.0 Å². The van der Waals surface area contributed by atoms with Gasteiger partial charge in [0.25, 0.3) is 0 Å². The molecule has 1 aromatic heterocycles. The maximum absolute atomic E-state index is 11.5. The molecule has 0 amide bonds. The SMILES string of the molecule is COC[C@H](Cn1ccc(N)nc1=O)OCP(=O)(O)O. The van der Waals surface area contributed by atoms with Crippen molar-refractivity contribution in [2.75, 3.05) is 25.8 Å². The number of rotatable bonds is 7. The number of methoxy groups -OCH3 is 1. The Morgan fingerprint density at radius 1 is 1.58 bits per heavy atom. The smallest absolute Gasteiger partial charge is 0.350 e. The van der Waals surface area contributed by atoms with Gasteiger partial charge < -0.3 is 25.0 Å². The molecule has 108 valence electrons. The Morgan fingerprint density at radius 3 is 2.79 bits per heavy atom. The second-order valence-electron chi connectivity index (χ2n) is 3.83. The van der Waals surface area contributed by atoms with Gasteiger partial charge in [-0.1, -0.05) is 0 Å². The summed E-state index contributed by atoms with van der Waals surface area (Å²) < 4.78 is 21.9. The van der Waals surface area contributed by atoms with Crippen molar-refractivity contribution in [2.45, 2.75) is 12.6 Å². The monoisotopic (exact) mass is 293 g/mol. The number of hydrogen-bond donors (Lipinski definition) is 3. The van der Waals surface area contributed by atoms with Gasteiger partial charge in [-0.05, 0) is 6.07 Å². The Balaban J connectivity index is 2.72. The lowest BCUT2D eigenvalue weighted by atomic mass is 10.3. The standard InChI is InChI=1S/C9H16N3O6P/c1-17-5-7(18-6-19(14,15)16)4-12-3-2-8(10)11-9(12)13/h2-3,7H,4-6H2,1H3,(H2,10,11,13)(H2,14,15,16)/t7-/m0/s1. The first kappa shape index (κ1) is 15.8. The number of anilines is 1. The van der Waals surface area contributed by atoms with E-state index in [1.807, 2.05) is 0 Å². The summed E-state index contributed by atoms with van der Waals surface area (Å²) in [5.74, 6) is 0.0978. The fourth-order valence-electron chi connectivity index (χ4n) is 1.34. The van der Waals surface area contributed by atoms with Crippen LogP contribution in [0.25, 0.3) is 0 Å². The van der Waals surface area contributed by atoms with E-state index in [0.717, 1.165) is 0 Å². The van der Waals surface area contributed by atoms with Crippen molar-refractivity contribution in [2.24, 2.45) is 0 Å². The Hall–Kier alpha value is -1.25. The van der Waals surface area contributed by atoms with E-state index in [-0.39, 0.29) is 19.0 Å². The molecule has 0 radical (unpaired) electrons. The Labute approximate surface area is 109 Å². The van der Waals surface area contributed by atoms with Gasteiger partial charge in [-0.15, -0.1) is 0 Å². The van der Waals surface area contributed by atoms with Gasteiger partial charge in [-0.2, -0.15) is 4.98 Å². The molecule has 0 saturated carbocycles. The molecule has 1 heterocycles. The minimum absolute atomic E-state index is 0.0555. The highest BCUT2D eigenvalue weighted by atomic mass is 31.2. The largest absolute Gasteiger partial charge is 0.383 e. The molecule has 0 fully saturated rings. The van der Waals surface area contributed by atoms with Gasteiger partial charge in [0.2, 0.25) is 0 Å². The summed E-state index contributed by atoms with van der Waals surface area (Å²) in [5.41, 5.74) is 4.78. The molecule has 1 atom stereocenters. The normalized spacial score (nSPS) is 13.4. The van der Waals surface area contributed by atoms with Gasteiger partial charge in [-0.3, -0.25) is 9.13 Å². The summed E-state index contributed by atoms with van der Waals surface area (Å²) in [6.07, 6.45) is 0.00699. The number of nitrogen functional groups attached to an aromatic ring is 1. The molecule has 1 rings (SSSR count). The summed E-state index contributed by atoms with van der Waals surface area (Å²) >= 11 is 0. The van der Waals surface area contributed by atoms with Crippen LogP contribution in [0.5, 0.6) is 0 Å².